The molecule has 0 saturated heterocycles. The van der Waals surface area contributed by atoms with Crippen molar-refractivity contribution in [3.63, 3.8) is 0 Å². The number of carbonyl (C=O) groups excluding carboxylic acids is 1. The molecule has 0 heterocycles. The summed E-state index contributed by atoms with van der Waals surface area (Å²) in [5.74, 6) is 0. The Hall–Kier alpha value is -1.51. The Labute approximate surface area is 161 Å². The highest BCUT2D eigenvalue weighted by molar-refractivity contribution is 5.71. The second kappa shape index (κ2) is 16.9. The average molecular weight is 361 g/mol. The van der Waals surface area contributed by atoms with E-state index >= 15 is 0 Å². The Balaban J connectivity index is 1.70. The van der Waals surface area contributed by atoms with E-state index in [9.17, 15) is 4.79 Å². The summed E-state index contributed by atoms with van der Waals surface area (Å²) < 4.78 is 0. The van der Waals surface area contributed by atoms with Gasteiger partial charge >= 0.3 is 6.03 Å². The average Bonchev–Trinajstić information content (AvgIpc) is 2.65. The van der Waals surface area contributed by atoms with Crippen LogP contribution in [0.3, 0.4) is 0 Å². The Bertz CT molecular complexity index is 433. The minimum Gasteiger partial charge on any atom is -0.352 e. The molecule has 0 spiro atoms. The number of hydrogen-bond donors (Lipinski definition) is 2. The highest BCUT2D eigenvalue weighted by Crippen LogP contribution is 2.13. The fraction of sp³-hybridized carbons (Fsp3) is 0.696. The van der Waals surface area contributed by atoms with Crippen LogP contribution in [0.25, 0.3) is 0 Å². The number of benzene rings is 1. The highest BCUT2D eigenvalue weighted by atomic mass is 16.2. The van der Waals surface area contributed by atoms with Crippen LogP contribution in [0.5, 0.6) is 0 Å². The van der Waals surface area contributed by atoms with Gasteiger partial charge < -0.3 is 11.1 Å². The van der Waals surface area contributed by atoms with Crippen molar-refractivity contribution in [2.45, 2.75) is 96.3 Å². The third kappa shape index (κ3) is 14.8. The zero-order valence-corrected chi connectivity index (χ0v) is 16.7. The van der Waals surface area contributed by atoms with Crippen LogP contribution in [-0.2, 0) is 6.42 Å². The fourth-order valence-corrected chi connectivity index (χ4v) is 3.43. The van der Waals surface area contributed by atoms with Gasteiger partial charge in [-0.05, 0) is 24.8 Å². The molecule has 0 bridgehead atoms. The summed E-state index contributed by atoms with van der Waals surface area (Å²) in [5, 5.41) is 2.64. The summed E-state index contributed by atoms with van der Waals surface area (Å²) in [6.45, 7) is 0.724. The van der Waals surface area contributed by atoms with Gasteiger partial charge in [0.2, 0.25) is 0 Å². The van der Waals surface area contributed by atoms with Gasteiger partial charge in [-0.25, -0.2) is 4.79 Å². The molecule has 3 heteroatoms. The van der Waals surface area contributed by atoms with E-state index in [0.29, 0.717) is 0 Å². The Morgan fingerprint density at radius 3 is 1.54 bits per heavy atom. The molecule has 1 aromatic rings. The van der Waals surface area contributed by atoms with Crippen LogP contribution in [0.15, 0.2) is 30.3 Å². The minimum atomic E-state index is -0.405. The Kier molecular flexibility index (Phi) is 14.7. The van der Waals surface area contributed by atoms with Crippen LogP contribution in [0, 0.1) is 0 Å². The number of rotatable bonds is 17. The summed E-state index contributed by atoms with van der Waals surface area (Å²) in [7, 11) is 0. The molecule has 1 rings (SSSR count). The van der Waals surface area contributed by atoms with E-state index in [4.69, 9.17) is 5.73 Å². The quantitative estimate of drug-likeness (QED) is 0.312. The largest absolute Gasteiger partial charge is 0.352 e. The first kappa shape index (κ1) is 22.5. The van der Waals surface area contributed by atoms with Crippen molar-refractivity contribution < 1.29 is 4.79 Å². The first-order chi connectivity index (χ1) is 12.8. The predicted molar refractivity (Wildman–Crippen MR) is 112 cm³/mol. The van der Waals surface area contributed by atoms with Crippen LogP contribution in [0.4, 0.5) is 4.79 Å². The molecular weight excluding hydrogens is 320 g/mol. The lowest BCUT2D eigenvalue weighted by Gasteiger charge is -2.04. The molecular formula is C23H40N2O. The van der Waals surface area contributed by atoms with Gasteiger partial charge in [0.15, 0.2) is 0 Å². The lowest BCUT2D eigenvalue weighted by atomic mass is 10.0. The maximum atomic E-state index is 10.5. The Morgan fingerprint density at radius 2 is 1.08 bits per heavy atom. The zero-order valence-electron chi connectivity index (χ0n) is 16.7. The van der Waals surface area contributed by atoms with Gasteiger partial charge in [-0.3, -0.25) is 0 Å². The van der Waals surface area contributed by atoms with Crippen LogP contribution in [-0.4, -0.2) is 12.6 Å². The fourth-order valence-electron chi connectivity index (χ4n) is 3.43. The highest BCUT2D eigenvalue weighted by Gasteiger charge is 1.96. The molecule has 0 saturated carbocycles. The number of nitrogens with two attached hydrogens (primary N) is 1. The molecule has 1 aromatic carbocycles. The maximum absolute atomic E-state index is 10.5. The van der Waals surface area contributed by atoms with Crippen molar-refractivity contribution in [2.75, 3.05) is 6.54 Å². The lowest BCUT2D eigenvalue weighted by molar-refractivity contribution is 0.248. The molecule has 0 radical (unpaired) electrons. The summed E-state index contributed by atoms with van der Waals surface area (Å²) in [6.07, 6.45) is 20.0. The molecule has 0 fully saturated rings. The minimum absolute atomic E-state index is 0.405. The van der Waals surface area contributed by atoms with Crippen LogP contribution >= 0.6 is 0 Å². The van der Waals surface area contributed by atoms with Gasteiger partial charge in [0, 0.05) is 6.54 Å². The number of nitrogens with one attached hydrogen (secondary N) is 1. The standard InChI is InChI=1S/C23H40N2O/c24-23(26)25-21-17-12-10-8-6-4-2-1-3-5-7-9-11-14-18-22-19-15-13-16-20-22/h13,15-16,19-20H,1-12,14,17-18,21H2,(H3,24,25,26). The van der Waals surface area contributed by atoms with E-state index in [1.807, 2.05) is 0 Å². The second-order valence-corrected chi connectivity index (χ2v) is 7.48. The lowest BCUT2D eigenvalue weighted by Crippen LogP contribution is -2.29. The molecule has 2 amide bonds. The van der Waals surface area contributed by atoms with Gasteiger partial charge in [-0.15, -0.1) is 0 Å². The number of carbonyl (C=O) groups is 1. The van der Waals surface area contributed by atoms with Crippen molar-refractivity contribution in [3.05, 3.63) is 35.9 Å². The maximum Gasteiger partial charge on any atom is 0.312 e. The topological polar surface area (TPSA) is 55.1 Å². The molecule has 0 aliphatic carbocycles. The van der Waals surface area contributed by atoms with Crippen molar-refractivity contribution in [1.82, 2.24) is 5.32 Å². The third-order valence-electron chi connectivity index (χ3n) is 5.03. The number of amides is 2. The third-order valence-corrected chi connectivity index (χ3v) is 5.03. The number of primary amides is 1. The summed E-state index contributed by atoms with van der Waals surface area (Å²) >= 11 is 0. The van der Waals surface area contributed by atoms with E-state index in [-0.39, 0.29) is 0 Å². The number of unbranched alkanes of at least 4 members (excludes halogenated alkanes) is 13. The molecule has 148 valence electrons. The smallest absolute Gasteiger partial charge is 0.312 e. The summed E-state index contributed by atoms with van der Waals surface area (Å²) in [4.78, 5) is 10.5. The number of aryl methyl sites for hydroxylation is 1. The molecule has 3 N–H and O–H groups in total. The van der Waals surface area contributed by atoms with E-state index in [1.165, 1.54) is 95.5 Å². The van der Waals surface area contributed by atoms with Gasteiger partial charge in [0.05, 0.1) is 0 Å². The molecule has 0 aromatic heterocycles. The van der Waals surface area contributed by atoms with Crippen LogP contribution in [0.2, 0.25) is 0 Å². The van der Waals surface area contributed by atoms with Crippen LogP contribution < -0.4 is 11.1 Å². The molecule has 0 atom stereocenters. The number of urea groups is 1. The van der Waals surface area contributed by atoms with E-state index in [0.717, 1.165) is 13.0 Å². The van der Waals surface area contributed by atoms with E-state index in [2.05, 4.69) is 35.6 Å². The monoisotopic (exact) mass is 360 g/mol. The van der Waals surface area contributed by atoms with Crippen molar-refractivity contribution in [2.24, 2.45) is 5.73 Å². The van der Waals surface area contributed by atoms with Gasteiger partial charge in [0.25, 0.3) is 0 Å². The molecule has 26 heavy (non-hydrogen) atoms. The Morgan fingerprint density at radius 1 is 0.654 bits per heavy atom. The second-order valence-electron chi connectivity index (χ2n) is 7.48. The van der Waals surface area contributed by atoms with Crippen LogP contribution in [0.1, 0.15) is 95.5 Å². The molecule has 0 aliphatic heterocycles. The van der Waals surface area contributed by atoms with Gasteiger partial charge in [-0.1, -0.05) is 107 Å². The molecule has 0 aliphatic rings. The van der Waals surface area contributed by atoms with Crippen molar-refractivity contribution in [3.8, 4) is 0 Å². The van der Waals surface area contributed by atoms with E-state index in [1.54, 1.807) is 0 Å². The van der Waals surface area contributed by atoms with Gasteiger partial charge in [-0.2, -0.15) is 0 Å². The van der Waals surface area contributed by atoms with Gasteiger partial charge in [0.1, 0.15) is 0 Å². The molecule has 0 unspecified atom stereocenters. The first-order valence-electron chi connectivity index (χ1n) is 10.9. The summed E-state index contributed by atoms with van der Waals surface area (Å²) in [6, 6.07) is 10.4. The SMILES string of the molecule is NC(=O)NCCCCCCCCCCCCCCCCc1ccccc1. The van der Waals surface area contributed by atoms with Crippen molar-refractivity contribution in [1.29, 1.82) is 0 Å². The normalized spacial score (nSPS) is 10.8. The van der Waals surface area contributed by atoms with E-state index < -0.39 is 6.03 Å². The predicted octanol–water partition coefficient (Wildman–Crippen LogP) is 6.36. The number of hydrogen-bond acceptors (Lipinski definition) is 1. The summed E-state index contributed by atoms with van der Waals surface area (Å²) in [5.41, 5.74) is 6.51. The van der Waals surface area contributed by atoms with Crippen molar-refractivity contribution >= 4 is 6.03 Å². The zero-order chi connectivity index (χ0) is 18.7. The first-order valence-corrected chi connectivity index (χ1v) is 10.9. The molecule has 3 nitrogen and oxygen atoms in total.